The fourth-order valence-corrected chi connectivity index (χ4v) is 2.67. The van der Waals surface area contributed by atoms with Crippen LogP contribution in [0, 0.1) is 0 Å². The standard InChI is InChI=1S/C13H18BrN5/c1-2-6-19-13(11(14)9-17-19)12(18-15)7-10-4-3-5-16-8-10/h3-5,8-9,12,18H,2,6-7,15H2,1H3. The number of hydrogen-bond donors (Lipinski definition) is 2. The maximum atomic E-state index is 5.71. The Hall–Kier alpha value is -1.24. The molecule has 2 heterocycles. The van der Waals surface area contributed by atoms with E-state index in [1.54, 1.807) is 6.20 Å². The van der Waals surface area contributed by atoms with Gasteiger partial charge in [-0.1, -0.05) is 13.0 Å². The fourth-order valence-electron chi connectivity index (χ4n) is 2.10. The number of hydrazine groups is 1. The smallest absolute Gasteiger partial charge is 0.0712 e. The summed E-state index contributed by atoms with van der Waals surface area (Å²) < 4.78 is 2.97. The lowest BCUT2D eigenvalue weighted by Crippen LogP contribution is -2.31. The topological polar surface area (TPSA) is 68.8 Å². The van der Waals surface area contributed by atoms with Crippen molar-refractivity contribution >= 4 is 15.9 Å². The molecule has 2 aromatic rings. The third-order valence-electron chi connectivity index (χ3n) is 2.96. The summed E-state index contributed by atoms with van der Waals surface area (Å²) in [7, 11) is 0. The van der Waals surface area contributed by atoms with E-state index in [9.17, 15) is 0 Å². The molecule has 0 aliphatic carbocycles. The van der Waals surface area contributed by atoms with Crippen LogP contribution >= 0.6 is 15.9 Å². The Morgan fingerprint density at radius 2 is 2.32 bits per heavy atom. The second-order valence-corrected chi connectivity index (χ2v) is 5.24. The second-order valence-electron chi connectivity index (χ2n) is 4.39. The van der Waals surface area contributed by atoms with Gasteiger partial charge in [0.15, 0.2) is 0 Å². The van der Waals surface area contributed by atoms with E-state index in [-0.39, 0.29) is 6.04 Å². The van der Waals surface area contributed by atoms with Crippen molar-refractivity contribution in [2.75, 3.05) is 0 Å². The van der Waals surface area contributed by atoms with Crippen molar-refractivity contribution in [3.8, 4) is 0 Å². The molecule has 6 heteroatoms. The molecule has 0 aromatic carbocycles. The third-order valence-corrected chi connectivity index (χ3v) is 3.57. The van der Waals surface area contributed by atoms with Gasteiger partial charge in [-0.05, 0) is 40.4 Å². The molecule has 0 bridgehead atoms. The first-order valence-corrected chi connectivity index (χ1v) is 7.11. The summed E-state index contributed by atoms with van der Waals surface area (Å²) in [6, 6.07) is 3.99. The molecule has 2 aromatic heterocycles. The van der Waals surface area contributed by atoms with Crippen molar-refractivity contribution in [1.29, 1.82) is 0 Å². The zero-order chi connectivity index (χ0) is 13.7. The zero-order valence-electron chi connectivity index (χ0n) is 10.9. The molecule has 1 unspecified atom stereocenters. The molecule has 5 nitrogen and oxygen atoms in total. The van der Waals surface area contributed by atoms with Crippen LogP contribution in [0.3, 0.4) is 0 Å². The van der Waals surface area contributed by atoms with Crippen molar-refractivity contribution < 1.29 is 0 Å². The van der Waals surface area contributed by atoms with Crippen molar-refractivity contribution in [1.82, 2.24) is 20.2 Å². The summed E-state index contributed by atoms with van der Waals surface area (Å²) in [6.45, 7) is 3.01. The number of aryl methyl sites for hydroxylation is 1. The van der Waals surface area contributed by atoms with E-state index in [2.05, 4.69) is 38.4 Å². The molecule has 0 amide bonds. The van der Waals surface area contributed by atoms with Gasteiger partial charge in [0.1, 0.15) is 0 Å². The normalized spacial score (nSPS) is 12.6. The van der Waals surface area contributed by atoms with Crippen LogP contribution in [0.15, 0.2) is 35.2 Å². The monoisotopic (exact) mass is 323 g/mol. The van der Waals surface area contributed by atoms with Gasteiger partial charge in [-0.15, -0.1) is 0 Å². The van der Waals surface area contributed by atoms with Crippen LogP contribution in [0.4, 0.5) is 0 Å². The molecule has 3 N–H and O–H groups in total. The first-order valence-electron chi connectivity index (χ1n) is 6.32. The van der Waals surface area contributed by atoms with E-state index < -0.39 is 0 Å². The Bertz CT molecular complexity index is 511. The predicted octanol–water partition coefficient (Wildman–Crippen LogP) is 2.20. The Morgan fingerprint density at radius 1 is 1.47 bits per heavy atom. The van der Waals surface area contributed by atoms with Crippen LogP contribution in [0.1, 0.15) is 30.6 Å². The first-order chi connectivity index (χ1) is 9.26. The van der Waals surface area contributed by atoms with Crippen LogP contribution in [0.25, 0.3) is 0 Å². The van der Waals surface area contributed by atoms with E-state index in [1.807, 2.05) is 29.2 Å². The van der Waals surface area contributed by atoms with Gasteiger partial charge >= 0.3 is 0 Å². The van der Waals surface area contributed by atoms with Crippen molar-refractivity contribution in [3.05, 3.63) is 46.5 Å². The highest BCUT2D eigenvalue weighted by Gasteiger charge is 2.19. The van der Waals surface area contributed by atoms with E-state index in [1.165, 1.54) is 0 Å². The van der Waals surface area contributed by atoms with Crippen LogP contribution in [-0.4, -0.2) is 14.8 Å². The van der Waals surface area contributed by atoms with Gasteiger partial charge in [0.05, 0.1) is 22.4 Å². The summed E-state index contributed by atoms with van der Waals surface area (Å²) in [6.07, 6.45) is 7.26. The molecular weight excluding hydrogens is 306 g/mol. The minimum atomic E-state index is 0.00706. The quantitative estimate of drug-likeness (QED) is 0.631. The van der Waals surface area contributed by atoms with E-state index >= 15 is 0 Å². The first kappa shape index (κ1) is 14.2. The number of nitrogens with one attached hydrogen (secondary N) is 1. The molecule has 0 aliphatic rings. The molecule has 0 radical (unpaired) electrons. The number of nitrogens with two attached hydrogens (primary N) is 1. The number of halogens is 1. The summed E-state index contributed by atoms with van der Waals surface area (Å²) in [5, 5.41) is 4.37. The summed E-state index contributed by atoms with van der Waals surface area (Å²) in [4.78, 5) is 4.13. The summed E-state index contributed by atoms with van der Waals surface area (Å²) in [5.41, 5.74) is 5.09. The lowest BCUT2D eigenvalue weighted by atomic mass is 10.1. The fraction of sp³-hybridized carbons (Fsp3) is 0.385. The summed E-state index contributed by atoms with van der Waals surface area (Å²) >= 11 is 3.55. The van der Waals surface area contributed by atoms with E-state index in [0.717, 1.165) is 35.1 Å². The Balaban J connectivity index is 2.24. The van der Waals surface area contributed by atoms with E-state index in [4.69, 9.17) is 5.84 Å². The second kappa shape index (κ2) is 6.79. The lowest BCUT2D eigenvalue weighted by molar-refractivity contribution is 0.476. The molecule has 0 fully saturated rings. The molecular formula is C13H18BrN5. The van der Waals surface area contributed by atoms with Gasteiger partial charge in [0.2, 0.25) is 0 Å². The summed E-state index contributed by atoms with van der Waals surface area (Å²) in [5.74, 6) is 5.71. The Kier molecular flexibility index (Phi) is 5.07. The van der Waals surface area contributed by atoms with Crippen molar-refractivity contribution in [2.45, 2.75) is 32.4 Å². The van der Waals surface area contributed by atoms with Gasteiger partial charge in [-0.3, -0.25) is 20.9 Å². The van der Waals surface area contributed by atoms with Crippen LogP contribution in [0.5, 0.6) is 0 Å². The molecule has 1 atom stereocenters. The van der Waals surface area contributed by atoms with Crippen molar-refractivity contribution in [2.24, 2.45) is 5.84 Å². The van der Waals surface area contributed by atoms with Gasteiger partial charge in [-0.2, -0.15) is 5.10 Å². The average molecular weight is 324 g/mol. The molecule has 2 rings (SSSR count). The largest absolute Gasteiger partial charge is 0.271 e. The minimum Gasteiger partial charge on any atom is -0.271 e. The van der Waals surface area contributed by atoms with E-state index in [0.29, 0.717) is 0 Å². The Morgan fingerprint density at radius 3 is 2.95 bits per heavy atom. The van der Waals surface area contributed by atoms with Gasteiger partial charge < -0.3 is 0 Å². The molecule has 0 saturated heterocycles. The van der Waals surface area contributed by atoms with Crippen LogP contribution in [-0.2, 0) is 13.0 Å². The highest BCUT2D eigenvalue weighted by atomic mass is 79.9. The highest BCUT2D eigenvalue weighted by Crippen LogP contribution is 2.25. The zero-order valence-corrected chi connectivity index (χ0v) is 12.5. The minimum absolute atomic E-state index is 0.00706. The molecule has 19 heavy (non-hydrogen) atoms. The maximum Gasteiger partial charge on any atom is 0.0712 e. The molecule has 0 spiro atoms. The number of hydrogen-bond acceptors (Lipinski definition) is 4. The highest BCUT2D eigenvalue weighted by molar-refractivity contribution is 9.10. The van der Waals surface area contributed by atoms with Gasteiger partial charge in [0.25, 0.3) is 0 Å². The molecule has 102 valence electrons. The third kappa shape index (κ3) is 3.40. The van der Waals surface area contributed by atoms with Crippen molar-refractivity contribution in [3.63, 3.8) is 0 Å². The predicted molar refractivity (Wildman–Crippen MR) is 78.2 cm³/mol. The molecule has 0 saturated carbocycles. The SMILES string of the molecule is CCCn1ncc(Br)c1C(Cc1cccnc1)NN. The van der Waals surface area contributed by atoms with Crippen LogP contribution < -0.4 is 11.3 Å². The lowest BCUT2D eigenvalue weighted by Gasteiger charge is -2.18. The number of rotatable bonds is 6. The number of nitrogens with zero attached hydrogens (tertiary/aromatic N) is 3. The van der Waals surface area contributed by atoms with Gasteiger partial charge in [-0.25, -0.2) is 0 Å². The van der Waals surface area contributed by atoms with Gasteiger partial charge in [0, 0.05) is 18.9 Å². The van der Waals surface area contributed by atoms with Crippen LogP contribution in [0.2, 0.25) is 0 Å². The molecule has 0 aliphatic heterocycles. The average Bonchev–Trinajstić information content (AvgIpc) is 2.79. The maximum absolute atomic E-state index is 5.71. The number of aromatic nitrogens is 3. The number of pyridine rings is 1. The Labute approximate surface area is 121 Å².